The summed E-state index contributed by atoms with van der Waals surface area (Å²) in [5.74, 6) is -0.290. The van der Waals surface area contributed by atoms with Crippen LogP contribution in [0.3, 0.4) is 0 Å². The average molecular weight is 462 g/mol. The van der Waals surface area contributed by atoms with Crippen LogP contribution in [0.2, 0.25) is 0 Å². The molecule has 1 amide bonds. The Balaban J connectivity index is 1.57. The number of hydrogen-bond donors (Lipinski definition) is 1. The number of pyridine rings is 1. The van der Waals surface area contributed by atoms with Crippen LogP contribution in [-0.4, -0.2) is 40.6 Å². The monoisotopic (exact) mass is 462 g/mol. The van der Waals surface area contributed by atoms with Crippen molar-refractivity contribution in [3.8, 4) is 17.2 Å². The first-order valence-electron chi connectivity index (χ1n) is 10.5. The third-order valence-electron chi connectivity index (χ3n) is 5.27. The first kappa shape index (κ1) is 22.9. The second-order valence-corrected chi connectivity index (χ2v) is 7.74. The van der Waals surface area contributed by atoms with Gasteiger partial charge in [0.2, 0.25) is 0 Å². The summed E-state index contributed by atoms with van der Waals surface area (Å²) in [7, 11) is 4.77. The Morgan fingerprint density at radius 1 is 1.06 bits per heavy atom. The first-order chi connectivity index (χ1) is 16.4. The van der Waals surface area contributed by atoms with Crippen LogP contribution in [0.25, 0.3) is 10.9 Å². The maximum absolute atomic E-state index is 14.8. The molecule has 2 aromatic heterocycles. The molecule has 1 N–H and O–H groups in total. The maximum Gasteiger partial charge on any atom is 0.254 e. The quantitative estimate of drug-likeness (QED) is 0.430. The van der Waals surface area contributed by atoms with Crippen molar-refractivity contribution in [3.05, 3.63) is 77.5 Å². The number of carbonyl (C=O) groups is 2. The molecule has 0 saturated heterocycles. The van der Waals surface area contributed by atoms with Crippen molar-refractivity contribution in [2.45, 2.75) is 12.8 Å². The van der Waals surface area contributed by atoms with Gasteiger partial charge in [-0.05, 0) is 35.4 Å². The van der Waals surface area contributed by atoms with Gasteiger partial charge in [-0.3, -0.25) is 19.3 Å². The fraction of sp³-hybridized carbons (Fsp3) is 0.200. The number of methoxy groups -OCH3 is 1. The molecule has 0 spiro atoms. The molecule has 0 saturated carbocycles. The summed E-state index contributed by atoms with van der Waals surface area (Å²) in [5, 5.41) is 7.14. The minimum atomic E-state index is -0.600. The molecular weight excluding hydrogens is 439 g/mol. The van der Waals surface area contributed by atoms with Crippen molar-refractivity contribution in [2.24, 2.45) is 7.05 Å². The number of benzene rings is 2. The molecule has 4 rings (SSSR count). The Labute approximate surface area is 195 Å². The lowest BCUT2D eigenvalue weighted by atomic mass is 10.0. The molecule has 2 aromatic carbocycles. The molecule has 2 heterocycles. The molecule has 8 nitrogen and oxygen atoms in total. The molecule has 0 atom stereocenters. The minimum absolute atomic E-state index is 0.00623. The third-order valence-corrected chi connectivity index (χ3v) is 5.27. The summed E-state index contributed by atoms with van der Waals surface area (Å²) in [5.41, 5.74) is 2.19. The van der Waals surface area contributed by atoms with Gasteiger partial charge in [0, 0.05) is 50.8 Å². The Hall–Kier alpha value is -4.27. The topological polar surface area (TPSA) is 95.3 Å². The van der Waals surface area contributed by atoms with Crippen LogP contribution < -0.4 is 14.8 Å². The van der Waals surface area contributed by atoms with Gasteiger partial charge in [0.25, 0.3) is 5.91 Å². The number of hydrogen-bond acceptors (Lipinski definition) is 6. The molecule has 0 radical (unpaired) electrons. The predicted octanol–water partition coefficient (Wildman–Crippen LogP) is 3.62. The zero-order valence-corrected chi connectivity index (χ0v) is 19.0. The smallest absolute Gasteiger partial charge is 0.254 e. The van der Waals surface area contributed by atoms with Crippen molar-refractivity contribution in [1.82, 2.24) is 20.1 Å². The van der Waals surface area contributed by atoms with Gasteiger partial charge in [-0.15, -0.1) is 0 Å². The Bertz CT molecular complexity index is 1380. The zero-order chi connectivity index (χ0) is 24.2. The fourth-order valence-corrected chi connectivity index (χ4v) is 3.65. The zero-order valence-electron chi connectivity index (χ0n) is 19.0. The average Bonchev–Trinajstić information content (AvgIpc) is 3.23. The van der Waals surface area contributed by atoms with E-state index in [1.54, 1.807) is 48.4 Å². The molecule has 174 valence electrons. The number of carbonyl (C=O) groups excluding carboxylic acids is 2. The normalized spacial score (nSPS) is 10.8. The van der Waals surface area contributed by atoms with Crippen molar-refractivity contribution >= 4 is 22.6 Å². The lowest BCUT2D eigenvalue weighted by molar-refractivity contribution is -0.117. The fourth-order valence-electron chi connectivity index (χ4n) is 3.65. The van der Waals surface area contributed by atoms with Crippen LogP contribution in [0, 0.1) is 5.82 Å². The second kappa shape index (κ2) is 9.70. The highest BCUT2D eigenvalue weighted by molar-refractivity contribution is 6.02. The van der Waals surface area contributed by atoms with E-state index in [4.69, 9.17) is 9.47 Å². The predicted molar refractivity (Wildman–Crippen MR) is 124 cm³/mol. The number of Topliss-reactive ketones (excluding diaryl/α,β-unsaturated/α-hetero) is 1. The number of nitrogens with one attached hydrogen (secondary N) is 1. The number of aryl methyl sites for hydroxylation is 1. The first-order valence-corrected chi connectivity index (χ1v) is 10.5. The Kier molecular flexibility index (Phi) is 6.53. The van der Waals surface area contributed by atoms with Gasteiger partial charge in [0.15, 0.2) is 11.6 Å². The van der Waals surface area contributed by atoms with E-state index in [1.807, 2.05) is 0 Å². The summed E-state index contributed by atoms with van der Waals surface area (Å²) >= 11 is 0. The van der Waals surface area contributed by atoms with Gasteiger partial charge in [0.05, 0.1) is 24.4 Å². The third kappa shape index (κ3) is 4.88. The van der Waals surface area contributed by atoms with E-state index < -0.39 is 5.82 Å². The summed E-state index contributed by atoms with van der Waals surface area (Å²) in [6.07, 6.45) is 5.27. The van der Waals surface area contributed by atoms with Crippen LogP contribution in [0.15, 0.2) is 55.0 Å². The van der Waals surface area contributed by atoms with Crippen LogP contribution in [-0.2, 0) is 24.7 Å². The van der Waals surface area contributed by atoms with E-state index in [-0.39, 0.29) is 30.3 Å². The molecule has 0 aliphatic heterocycles. The number of halogens is 1. The SMILES string of the molecule is CNC(=O)c1cc2c(Oc3ccc(CC(=O)Cc4cnn(C)c4)cc3F)ccnc2cc1OC. The highest BCUT2D eigenvalue weighted by atomic mass is 19.1. The highest BCUT2D eigenvalue weighted by Crippen LogP contribution is 2.34. The van der Waals surface area contributed by atoms with E-state index in [0.29, 0.717) is 33.5 Å². The van der Waals surface area contributed by atoms with Gasteiger partial charge in [-0.25, -0.2) is 4.39 Å². The van der Waals surface area contributed by atoms with Crippen LogP contribution >= 0.6 is 0 Å². The number of ketones is 1. The van der Waals surface area contributed by atoms with Crippen molar-refractivity contribution < 1.29 is 23.5 Å². The van der Waals surface area contributed by atoms with Crippen molar-refractivity contribution in [2.75, 3.05) is 14.2 Å². The van der Waals surface area contributed by atoms with E-state index in [2.05, 4.69) is 15.4 Å². The van der Waals surface area contributed by atoms with E-state index in [9.17, 15) is 14.0 Å². The van der Waals surface area contributed by atoms with Gasteiger partial charge >= 0.3 is 0 Å². The standard InChI is InChI=1S/C25H23FN4O4/c1-27-25(32)19-11-18-21(12-24(19)33-3)28-7-6-22(18)34-23-5-4-15(10-20(23)26)8-17(31)9-16-13-29-30(2)14-16/h4-7,10-14H,8-9H2,1-3H3,(H,27,32). The summed E-state index contributed by atoms with van der Waals surface area (Å²) in [4.78, 5) is 28.9. The Morgan fingerprint density at radius 2 is 1.85 bits per heavy atom. The minimum Gasteiger partial charge on any atom is -0.496 e. The molecule has 0 aliphatic rings. The van der Waals surface area contributed by atoms with E-state index >= 15 is 0 Å². The molecule has 9 heteroatoms. The van der Waals surface area contributed by atoms with Crippen LogP contribution in [0.1, 0.15) is 21.5 Å². The molecule has 0 aliphatic carbocycles. The largest absolute Gasteiger partial charge is 0.496 e. The van der Waals surface area contributed by atoms with E-state index in [0.717, 1.165) is 5.56 Å². The van der Waals surface area contributed by atoms with Gasteiger partial charge in [-0.1, -0.05) is 6.07 Å². The lowest BCUT2D eigenvalue weighted by Gasteiger charge is -2.13. The van der Waals surface area contributed by atoms with Gasteiger partial charge in [0.1, 0.15) is 17.3 Å². The summed E-state index contributed by atoms with van der Waals surface area (Å²) in [6.45, 7) is 0. The number of amides is 1. The Morgan fingerprint density at radius 3 is 2.53 bits per heavy atom. The number of nitrogens with zero attached hydrogens (tertiary/aromatic N) is 3. The van der Waals surface area contributed by atoms with Crippen molar-refractivity contribution in [1.29, 1.82) is 0 Å². The second-order valence-electron chi connectivity index (χ2n) is 7.74. The van der Waals surface area contributed by atoms with E-state index in [1.165, 1.54) is 32.5 Å². The summed E-state index contributed by atoms with van der Waals surface area (Å²) < 4.78 is 27.6. The number of aromatic nitrogens is 3. The summed E-state index contributed by atoms with van der Waals surface area (Å²) in [6, 6.07) is 9.24. The number of fused-ring (bicyclic) bond motifs is 1. The van der Waals surface area contributed by atoms with Gasteiger partial charge in [-0.2, -0.15) is 5.10 Å². The van der Waals surface area contributed by atoms with Crippen LogP contribution in [0.5, 0.6) is 17.2 Å². The van der Waals surface area contributed by atoms with Crippen molar-refractivity contribution in [3.63, 3.8) is 0 Å². The molecule has 0 fully saturated rings. The number of rotatable bonds is 8. The lowest BCUT2D eigenvalue weighted by Crippen LogP contribution is -2.18. The van der Waals surface area contributed by atoms with Gasteiger partial charge < -0.3 is 14.8 Å². The molecule has 0 unspecified atom stereocenters. The van der Waals surface area contributed by atoms with Crippen LogP contribution in [0.4, 0.5) is 4.39 Å². The molecule has 4 aromatic rings. The molecule has 34 heavy (non-hydrogen) atoms. The highest BCUT2D eigenvalue weighted by Gasteiger charge is 2.17. The molecule has 0 bridgehead atoms. The number of ether oxygens (including phenoxy) is 2. The molecular formula is C25H23FN4O4. The maximum atomic E-state index is 14.8.